The standard InChI is InChI=1S/C17H28N2O/c1-14(2)13-20-11-5-9-18-12-16-7-3-6-15-8-4-10-19-17(15)16/h3,6-7,14,18-19H,4-5,8-13H2,1-2H3. The van der Waals surface area contributed by atoms with Gasteiger partial charge in [0.05, 0.1) is 0 Å². The summed E-state index contributed by atoms with van der Waals surface area (Å²) >= 11 is 0. The van der Waals surface area contributed by atoms with Crippen molar-refractivity contribution in [3.05, 3.63) is 29.3 Å². The van der Waals surface area contributed by atoms with Gasteiger partial charge in [0.25, 0.3) is 0 Å². The van der Waals surface area contributed by atoms with Gasteiger partial charge >= 0.3 is 0 Å². The molecule has 0 radical (unpaired) electrons. The van der Waals surface area contributed by atoms with Crippen molar-refractivity contribution in [3.63, 3.8) is 0 Å². The molecule has 1 aromatic rings. The second-order valence-electron chi connectivity index (χ2n) is 5.98. The van der Waals surface area contributed by atoms with Crippen LogP contribution in [0.1, 0.15) is 37.8 Å². The van der Waals surface area contributed by atoms with Crippen LogP contribution in [0.25, 0.3) is 0 Å². The van der Waals surface area contributed by atoms with E-state index in [1.165, 1.54) is 29.7 Å². The summed E-state index contributed by atoms with van der Waals surface area (Å²) in [6, 6.07) is 6.64. The number of para-hydroxylation sites is 1. The summed E-state index contributed by atoms with van der Waals surface area (Å²) in [5.41, 5.74) is 4.23. The second kappa shape index (κ2) is 8.28. The van der Waals surface area contributed by atoms with Gasteiger partial charge in [0, 0.05) is 32.0 Å². The third kappa shape index (κ3) is 4.80. The normalized spacial score (nSPS) is 14.2. The predicted molar refractivity (Wildman–Crippen MR) is 85.2 cm³/mol. The lowest BCUT2D eigenvalue weighted by Gasteiger charge is -2.21. The molecule has 0 aromatic heterocycles. The lowest BCUT2D eigenvalue weighted by Crippen LogP contribution is -2.20. The Bertz CT molecular complexity index is 404. The Labute approximate surface area is 123 Å². The minimum atomic E-state index is 0.630. The summed E-state index contributed by atoms with van der Waals surface area (Å²) in [5.74, 6) is 0.630. The Hall–Kier alpha value is -1.06. The molecule has 2 rings (SSSR count). The molecule has 0 atom stereocenters. The van der Waals surface area contributed by atoms with E-state index in [-0.39, 0.29) is 0 Å². The Morgan fingerprint density at radius 3 is 3.10 bits per heavy atom. The second-order valence-corrected chi connectivity index (χ2v) is 5.98. The fourth-order valence-corrected chi connectivity index (χ4v) is 2.57. The van der Waals surface area contributed by atoms with Crippen molar-refractivity contribution < 1.29 is 4.74 Å². The zero-order valence-electron chi connectivity index (χ0n) is 12.9. The zero-order valence-corrected chi connectivity index (χ0v) is 12.9. The highest BCUT2D eigenvalue weighted by atomic mass is 16.5. The van der Waals surface area contributed by atoms with Gasteiger partial charge in [-0.15, -0.1) is 0 Å². The summed E-state index contributed by atoms with van der Waals surface area (Å²) in [6.07, 6.45) is 3.53. The Morgan fingerprint density at radius 2 is 2.25 bits per heavy atom. The minimum absolute atomic E-state index is 0.630. The highest BCUT2D eigenvalue weighted by molar-refractivity contribution is 5.59. The Morgan fingerprint density at radius 1 is 1.35 bits per heavy atom. The smallest absolute Gasteiger partial charge is 0.0489 e. The predicted octanol–water partition coefficient (Wildman–Crippen LogP) is 3.20. The molecule has 20 heavy (non-hydrogen) atoms. The number of fused-ring (bicyclic) bond motifs is 1. The van der Waals surface area contributed by atoms with E-state index in [1.54, 1.807) is 0 Å². The molecule has 0 spiro atoms. The van der Waals surface area contributed by atoms with Crippen LogP contribution in [-0.4, -0.2) is 26.3 Å². The van der Waals surface area contributed by atoms with Crippen LogP contribution < -0.4 is 10.6 Å². The van der Waals surface area contributed by atoms with E-state index >= 15 is 0 Å². The molecule has 1 aromatic carbocycles. The fraction of sp³-hybridized carbons (Fsp3) is 0.647. The quantitative estimate of drug-likeness (QED) is 0.715. The van der Waals surface area contributed by atoms with Crippen LogP contribution in [0.3, 0.4) is 0 Å². The first-order valence-electron chi connectivity index (χ1n) is 7.90. The monoisotopic (exact) mass is 276 g/mol. The maximum Gasteiger partial charge on any atom is 0.0489 e. The van der Waals surface area contributed by atoms with Crippen LogP contribution in [0.5, 0.6) is 0 Å². The largest absolute Gasteiger partial charge is 0.385 e. The van der Waals surface area contributed by atoms with Gasteiger partial charge < -0.3 is 15.4 Å². The SMILES string of the molecule is CC(C)COCCCNCc1cccc2c1NCCC2. The Kier molecular flexibility index (Phi) is 6.34. The molecule has 1 aliphatic heterocycles. The molecule has 3 heteroatoms. The van der Waals surface area contributed by atoms with Gasteiger partial charge in [-0.3, -0.25) is 0 Å². The van der Waals surface area contributed by atoms with Gasteiger partial charge in [0.1, 0.15) is 0 Å². The molecule has 3 nitrogen and oxygen atoms in total. The van der Waals surface area contributed by atoms with Crippen molar-refractivity contribution in [2.45, 2.75) is 39.7 Å². The molecule has 0 bridgehead atoms. The van der Waals surface area contributed by atoms with Crippen LogP contribution in [0.2, 0.25) is 0 Å². The van der Waals surface area contributed by atoms with Gasteiger partial charge in [0.2, 0.25) is 0 Å². The molecular weight excluding hydrogens is 248 g/mol. The van der Waals surface area contributed by atoms with Crippen molar-refractivity contribution in [1.82, 2.24) is 5.32 Å². The summed E-state index contributed by atoms with van der Waals surface area (Å²) in [6.45, 7) is 9.16. The van der Waals surface area contributed by atoms with Crippen LogP contribution in [0, 0.1) is 5.92 Å². The first kappa shape index (κ1) is 15.3. The molecule has 0 aliphatic carbocycles. The number of anilines is 1. The molecule has 1 aliphatic rings. The fourth-order valence-electron chi connectivity index (χ4n) is 2.57. The number of hydrogen-bond donors (Lipinski definition) is 2. The number of hydrogen-bond acceptors (Lipinski definition) is 3. The van der Waals surface area contributed by atoms with Crippen molar-refractivity contribution in [2.75, 3.05) is 31.6 Å². The number of benzene rings is 1. The van der Waals surface area contributed by atoms with E-state index in [0.29, 0.717) is 5.92 Å². The average molecular weight is 276 g/mol. The zero-order chi connectivity index (χ0) is 14.2. The van der Waals surface area contributed by atoms with E-state index in [2.05, 4.69) is 42.7 Å². The van der Waals surface area contributed by atoms with E-state index < -0.39 is 0 Å². The van der Waals surface area contributed by atoms with Crippen LogP contribution in [0.15, 0.2) is 18.2 Å². The highest BCUT2D eigenvalue weighted by Crippen LogP contribution is 2.25. The summed E-state index contributed by atoms with van der Waals surface area (Å²) < 4.78 is 5.59. The average Bonchev–Trinajstić information content (AvgIpc) is 2.46. The van der Waals surface area contributed by atoms with Gasteiger partial charge in [-0.1, -0.05) is 32.0 Å². The van der Waals surface area contributed by atoms with E-state index in [4.69, 9.17) is 4.74 Å². The van der Waals surface area contributed by atoms with Gasteiger partial charge in [0.15, 0.2) is 0 Å². The maximum absolute atomic E-state index is 5.59. The van der Waals surface area contributed by atoms with Crippen molar-refractivity contribution in [1.29, 1.82) is 0 Å². The lowest BCUT2D eigenvalue weighted by atomic mass is 9.99. The summed E-state index contributed by atoms with van der Waals surface area (Å²) in [7, 11) is 0. The molecule has 0 saturated carbocycles. The van der Waals surface area contributed by atoms with Crippen molar-refractivity contribution in [3.8, 4) is 0 Å². The van der Waals surface area contributed by atoms with Crippen LogP contribution >= 0.6 is 0 Å². The van der Waals surface area contributed by atoms with Gasteiger partial charge in [-0.2, -0.15) is 0 Å². The molecule has 0 saturated heterocycles. The third-order valence-electron chi connectivity index (χ3n) is 3.57. The van der Waals surface area contributed by atoms with Gasteiger partial charge in [-0.05, 0) is 42.9 Å². The molecule has 1 heterocycles. The number of aryl methyl sites for hydroxylation is 1. The molecular formula is C17H28N2O. The third-order valence-corrected chi connectivity index (χ3v) is 3.57. The number of ether oxygens (including phenoxy) is 1. The molecule has 112 valence electrons. The van der Waals surface area contributed by atoms with Gasteiger partial charge in [-0.25, -0.2) is 0 Å². The van der Waals surface area contributed by atoms with Crippen LogP contribution in [-0.2, 0) is 17.7 Å². The Balaban J connectivity index is 1.67. The van der Waals surface area contributed by atoms with Crippen LogP contribution in [0.4, 0.5) is 5.69 Å². The summed E-state index contributed by atoms with van der Waals surface area (Å²) in [4.78, 5) is 0. The summed E-state index contributed by atoms with van der Waals surface area (Å²) in [5, 5.41) is 7.06. The first-order chi connectivity index (χ1) is 9.77. The molecule has 0 unspecified atom stereocenters. The molecule has 0 fully saturated rings. The van der Waals surface area contributed by atoms with Crippen molar-refractivity contribution in [2.24, 2.45) is 5.92 Å². The lowest BCUT2D eigenvalue weighted by molar-refractivity contribution is 0.108. The first-order valence-corrected chi connectivity index (χ1v) is 7.90. The topological polar surface area (TPSA) is 33.3 Å². The maximum atomic E-state index is 5.59. The molecule has 2 N–H and O–H groups in total. The van der Waals surface area contributed by atoms with E-state index in [1.807, 2.05) is 0 Å². The number of rotatable bonds is 8. The highest BCUT2D eigenvalue weighted by Gasteiger charge is 2.11. The molecule has 0 amide bonds. The van der Waals surface area contributed by atoms with Crippen molar-refractivity contribution >= 4 is 5.69 Å². The minimum Gasteiger partial charge on any atom is -0.385 e. The van der Waals surface area contributed by atoms with E-state index in [0.717, 1.165) is 39.3 Å². The van der Waals surface area contributed by atoms with E-state index in [9.17, 15) is 0 Å². The number of nitrogens with one attached hydrogen (secondary N) is 2.